The maximum absolute atomic E-state index is 11.6. The lowest BCUT2D eigenvalue weighted by atomic mass is 10.1. The summed E-state index contributed by atoms with van der Waals surface area (Å²) in [6.45, 7) is 1.36. The van der Waals surface area contributed by atoms with Crippen molar-refractivity contribution < 1.29 is 14.3 Å². The molecule has 1 aliphatic heterocycles. The van der Waals surface area contributed by atoms with E-state index in [-0.39, 0.29) is 12.5 Å². The van der Waals surface area contributed by atoms with E-state index in [0.717, 1.165) is 22.8 Å². The van der Waals surface area contributed by atoms with Crippen molar-refractivity contribution in [1.29, 1.82) is 0 Å². The molecule has 2 heterocycles. The van der Waals surface area contributed by atoms with E-state index in [1.54, 1.807) is 13.1 Å². The first kappa shape index (κ1) is 14.3. The van der Waals surface area contributed by atoms with Crippen molar-refractivity contribution >= 4 is 11.7 Å². The molecule has 0 spiro atoms. The largest absolute Gasteiger partial charge is 0.486 e. The van der Waals surface area contributed by atoms with Crippen LogP contribution in [0.1, 0.15) is 0 Å². The molecule has 6 heteroatoms. The van der Waals surface area contributed by atoms with E-state index in [0.29, 0.717) is 19.0 Å². The lowest BCUT2D eigenvalue weighted by molar-refractivity contribution is -0.115. The Bertz CT molecular complexity index is 688. The van der Waals surface area contributed by atoms with E-state index >= 15 is 0 Å². The summed E-state index contributed by atoms with van der Waals surface area (Å²) in [6.07, 6.45) is 0. The second-order valence-corrected chi connectivity index (χ2v) is 4.85. The summed E-state index contributed by atoms with van der Waals surface area (Å²) in [7, 11) is 1.72. The molecule has 2 aromatic rings. The lowest BCUT2D eigenvalue weighted by Crippen LogP contribution is -2.25. The van der Waals surface area contributed by atoms with Crippen molar-refractivity contribution in [3.63, 3.8) is 0 Å². The number of hydrogen-bond donors (Lipinski definition) is 2. The number of ether oxygens (including phenoxy) is 2. The van der Waals surface area contributed by atoms with Gasteiger partial charge in [-0.3, -0.25) is 4.79 Å². The molecule has 0 radical (unpaired) electrons. The van der Waals surface area contributed by atoms with Crippen LogP contribution in [0.25, 0.3) is 11.3 Å². The van der Waals surface area contributed by atoms with Gasteiger partial charge < -0.3 is 20.1 Å². The van der Waals surface area contributed by atoms with Crippen molar-refractivity contribution in [2.24, 2.45) is 0 Å². The predicted molar refractivity (Wildman–Crippen MR) is 83.2 cm³/mol. The van der Waals surface area contributed by atoms with E-state index in [1.165, 1.54) is 0 Å². The number of nitrogens with zero attached hydrogens (tertiary/aromatic N) is 1. The van der Waals surface area contributed by atoms with Gasteiger partial charge in [-0.25, -0.2) is 4.98 Å². The standard InChI is InChI=1S/C16H17N3O3/c1-17-10-16(20)19-15-4-2-3-12(18-15)11-5-6-13-14(9-11)22-8-7-21-13/h2-6,9,17H,7-8,10H2,1H3,(H,18,19,20). The van der Waals surface area contributed by atoms with Crippen molar-refractivity contribution in [2.45, 2.75) is 0 Å². The molecule has 6 nitrogen and oxygen atoms in total. The summed E-state index contributed by atoms with van der Waals surface area (Å²) in [5.41, 5.74) is 1.67. The van der Waals surface area contributed by atoms with Crippen LogP contribution in [-0.2, 0) is 4.79 Å². The van der Waals surface area contributed by atoms with E-state index in [2.05, 4.69) is 15.6 Å². The highest BCUT2D eigenvalue weighted by atomic mass is 16.6. The first-order valence-corrected chi connectivity index (χ1v) is 7.08. The molecule has 114 valence electrons. The zero-order valence-electron chi connectivity index (χ0n) is 12.3. The average Bonchev–Trinajstić information content (AvgIpc) is 2.55. The number of pyridine rings is 1. The number of amides is 1. The van der Waals surface area contributed by atoms with Crippen molar-refractivity contribution in [1.82, 2.24) is 10.3 Å². The second kappa shape index (κ2) is 6.44. The van der Waals surface area contributed by atoms with Crippen molar-refractivity contribution in [3.05, 3.63) is 36.4 Å². The summed E-state index contributed by atoms with van der Waals surface area (Å²) in [4.78, 5) is 16.1. The van der Waals surface area contributed by atoms with Crippen LogP contribution in [0.15, 0.2) is 36.4 Å². The van der Waals surface area contributed by atoms with Gasteiger partial charge in [-0.15, -0.1) is 0 Å². The zero-order chi connectivity index (χ0) is 15.4. The Balaban J connectivity index is 1.84. The fourth-order valence-corrected chi connectivity index (χ4v) is 2.22. The van der Waals surface area contributed by atoms with Crippen molar-refractivity contribution in [3.8, 4) is 22.8 Å². The predicted octanol–water partition coefficient (Wildman–Crippen LogP) is 1.68. The van der Waals surface area contributed by atoms with Crippen LogP contribution in [0.5, 0.6) is 11.5 Å². The Morgan fingerprint density at radius 2 is 2.00 bits per heavy atom. The fraction of sp³-hybridized carbons (Fsp3) is 0.250. The third-order valence-electron chi connectivity index (χ3n) is 3.19. The van der Waals surface area contributed by atoms with Crippen LogP contribution in [-0.4, -0.2) is 37.7 Å². The Morgan fingerprint density at radius 1 is 1.18 bits per heavy atom. The summed E-state index contributed by atoms with van der Waals surface area (Å²) in [6, 6.07) is 11.2. The highest BCUT2D eigenvalue weighted by Gasteiger charge is 2.13. The molecule has 0 saturated heterocycles. The molecule has 1 aliphatic rings. The van der Waals surface area contributed by atoms with Crippen LogP contribution in [0.3, 0.4) is 0 Å². The molecule has 0 unspecified atom stereocenters. The van der Waals surface area contributed by atoms with Crippen LogP contribution >= 0.6 is 0 Å². The lowest BCUT2D eigenvalue weighted by Gasteiger charge is -2.18. The fourth-order valence-electron chi connectivity index (χ4n) is 2.22. The SMILES string of the molecule is CNCC(=O)Nc1cccc(-c2ccc3c(c2)OCCO3)n1. The third kappa shape index (κ3) is 3.17. The number of hydrogen-bond acceptors (Lipinski definition) is 5. The topological polar surface area (TPSA) is 72.5 Å². The highest BCUT2D eigenvalue weighted by Crippen LogP contribution is 2.34. The normalized spacial score (nSPS) is 12.8. The first-order chi connectivity index (χ1) is 10.8. The van der Waals surface area contributed by atoms with E-state index < -0.39 is 0 Å². The zero-order valence-corrected chi connectivity index (χ0v) is 12.3. The summed E-state index contributed by atoms with van der Waals surface area (Å²) in [5.74, 6) is 1.85. The molecule has 0 bridgehead atoms. The Labute approximate surface area is 128 Å². The van der Waals surface area contributed by atoms with Gasteiger partial charge >= 0.3 is 0 Å². The minimum Gasteiger partial charge on any atom is -0.486 e. The summed E-state index contributed by atoms with van der Waals surface area (Å²) < 4.78 is 11.1. The van der Waals surface area contributed by atoms with Gasteiger partial charge in [0.15, 0.2) is 11.5 Å². The Kier molecular flexibility index (Phi) is 4.20. The summed E-state index contributed by atoms with van der Waals surface area (Å²) >= 11 is 0. The number of nitrogens with one attached hydrogen (secondary N) is 2. The molecular formula is C16H17N3O3. The average molecular weight is 299 g/mol. The molecule has 3 rings (SSSR count). The van der Waals surface area contributed by atoms with E-state index in [9.17, 15) is 4.79 Å². The van der Waals surface area contributed by atoms with Crippen LogP contribution < -0.4 is 20.1 Å². The van der Waals surface area contributed by atoms with Crippen LogP contribution in [0.4, 0.5) is 5.82 Å². The molecule has 22 heavy (non-hydrogen) atoms. The number of carbonyl (C=O) groups excluding carboxylic acids is 1. The molecule has 0 fully saturated rings. The van der Waals surface area contributed by atoms with Crippen LogP contribution in [0.2, 0.25) is 0 Å². The molecule has 1 aromatic carbocycles. The van der Waals surface area contributed by atoms with E-state index in [1.807, 2.05) is 30.3 Å². The molecule has 2 N–H and O–H groups in total. The van der Waals surface area contributed by atoms with Gasteiger partial charge in [-0.1, -0.05) is 6.07 Å². The third-order valence-corrected chi connectivity index (χ3v) is 3.19. The number of benzene rings is 1. The van der Waals surface area contributed by atoms with Gasteiger partial charge in [-0.05, 0) is 37.4 Å². The minimum atomic E-state index is -0.130. The quantitative estimate of drug-likeness (QED) is 0.898. The summed E-state index contributed by atoms with van der Waals surface area (Å²) in [5, 5.41) is 5.54. The molecular weight excluding hydrogens is 282 g/mol. The minimum absolute atomic E-state index is 0.130. The number of likely N-dealkylation sites (N-methyl/N-ethyl adjacent to an activating group) is 1. The molecule has 0 atom stereocenters. The van der Waals surface area contributed by atoms with Gasteiger partial charge in [0, 0.05) is 5.56 Å². The van der Waals surface area contributed by atoms with E-state index in [4.69, 9.17) is 9.47 Å². The van der Waals surface area contributed by atoms with Crippen LogP contribution in [0, 0.1) is 0 Å². The van der Waals surface area contributed by atoms with Gasteiger partial charge in [0.2, 0.25) is 5.91 Å². The first-order valence-electron chi connectivity index (χ1n) is 7.08. The number of fused-ring (bicyclic) bond motifs is 1. The van der Waals surface area contributed by atoms with Gasteiger partial charge in [0.1, 0.15) is 19.0 Å². The molecule has 0 aliphatic carbocycles. The monoisotopic (exact) mass is 299 g/mol. The Morgan fingerprint density at radius 3 is 2.82 bits per heavy atom. The molecule has 0 saturated carbocycles. The maximum atomic E-state index is 11.6. The number of rotatable bonds is 4. The highest BCUT2D eigenvalue weighted by molar-refractivity contribution is 5.91. The molecule has 1 aromatic heterocycles. The number of carbonyl (C=O) groups is 1. The van der Waals surface area contributed by atoms with Gasteiger partial charge in [0.25, 0.3) is 0 Å². The van der Waals surface area contributed by atoms with Gasteiger partial charge in [-0.2, -0.15) is 0 Å². The van der Waals surface area contributed by atoms with Gasteiger partial charge in [0.05, 0.1) is 12.2 Å². The number of aromatic nitrogens is 1. The Hall–Kier alpha value is -2.60. The smallest absolute Gasteiger partial charge is 0.239 e. The second-order valence-electron chi connectivity index (χ2n) is 4.85. The van der Waals surface area contributed by atoms with Crippen molar-refractivity contribution in [2.75, 3.05) is 32.1 Å². The molecule has 1 amide bonds. The maximum Gasteiger partial charge on any atom is 0.239 e. The number of anilines is 1.